The zero-order valence-electron chi connectivity index (χ0n) is 10.9. The number of halogens is 1. The summed E-state index contributed by atoms with van der Waals surface area (Å²) in [6, 6.07) is 15.3. The molecule has 6 heteroatoms. The second-order valence-electron chi connectivity index (χ2n) is 4.42. The molecule has 0 saturated heterocycles. The molecule has 3 rings (SSSR count). The Kier molecular flexibility index (Phi) is 3.39. The van der Waals surface area contributed by atoms with Crippen LogP contribution in [0, 0.1) is 17.1 Å². The number of nitrogens with zero attached hydrogens (tertiary/aromatic N) is 5. The van der Waals surface area contributed by atoms with Gasteiger partial charge in [0, 0.05) is 5.56 Å². The van der Waals surface area contributed by atoms with Crippen molar-refractivity contribution in [2.75, 3.05) is 0 Å². The number of nitriles is 1. The number of tetrazole rings is 1. The molecule has 3 aromatic rings. The number of hydrogen-bond donors (Lipinski definition) is 0. The maximum Gasteiger partial charge on any atom is 0.204 e. The highest BCUT2D eigenvalue weighted by atomic mass is 19.1. The van der Waals surface area contributed by atoms with Gasteiger partial charge in [-0.05, 0) is 41.1 Å². The van der Waals surface area contributed by atoms with Crippen LogP contribution in [0.5, 0.6) is 0 Å². The Morgan fingerprint density at radius 1 is 1.10 bits per heavy atom. The Balaban J connectivity index is 1.86. The van der Waals surface area contributed by atoms with Gasteiger partial charge in [-0.15, -0.1) is 10.2 Å². The standard InChI is InChI=1S/C15H10FN5/c16-14-7-5-11(6-8-14)15-18-20-21(19-15)10-13-4-2-1-3-12(13)9-17/h1-8H,10H2. The molecule has 0 fully saturated rings. The SMILES string of the molecule is N#Cc1ccccc1Cn1nnc(-c2ccc(F)cc2)n1. The molecule has 0 aliphatic heterocycles. The average Bonchev–Trinajstić information content (AvgIpc) is 2.97. The minimum Gasteiger partial charge on any atom is -0.207 e. The van der Waals surface area contributed by atoms with Crippen LogP contribution in [-0.2, 0) is 6.54 Å². The summed E-state index contributed by atoms with van der Waals surface area (Å²) in [6.45, 7) is 0.359. The molecule has 21 heavy (non-hydrogen) atoms. The molecule has 0 N–H and O–H groups in total. The molecule has 0 saturated carbocycles. The molecule has 1 heterocycles. The second kappa shape index (κ2) is 5.51. The summed E-state index contributed by atoms with van der Waals surface area (Å²) < 4.78 is 12.9. The predicted octanol–water partition coefficient (Wildman–Crippen LogP) is 2.40. The molecule has 0 aliphatic carbocycles. The van der Waals surface area contributed by atoms with Crippen molar-refractivity contribution >= 4 is 0 Å². The van der Waals surface area contributed by atoms with Gasteiger partial charge in [0.1, 0.15) is 5.82 Å². The van der Waals surface area contributed by atoms with Crippen molar-refractivity contribution in [1.82, 2.24) is 20.2 Å². The van der Waals surface area contributed by atoms with Crippen LogP contribution in [0.15, 0.2) is 48.5 Å². The molecule has 0 atom stereocenters. The largest absolute Gasteiger partial charge is 0.207 e. The molecular formula is C15H10FN5. The molecule has 0 bridgehead atoms. The molecule has 5 nitrogen and oxygen atoms in total. The lowest BCUT2D eigenvalue weighted by Crippen LogP contribution is -2.05. The van der Waals surface area contributed by atoms with Gasteiger partial charge >= 0.3 is 0 Å². The average molecular weight is 279 g/mol. The monoisotopic (exact) mass is 279 g/mol. The topological polar surface area (TPSA) is 67.4 Å². The van der Waals surface area contributed by atoms with E-state index in [4.69, 9.17) is 5.26 Å². The van der Waals surface area contributed by atoms with Crippen molar-refractivity contribution in [3.63, 3.8) is 0 Å². The Labute approximate surface area is 120 Å². The quantitative estimate of drug-likeness (QED) is 0.738. The number of hydrogen-bond acceptors (Lipinski definition) is 4. The highest BCUT2D eigenvalue weighted by Gasteiger charge is 2.08. The summed E-state index contributed by atoms with van der Waals surface area (Å²) in [7, 11) is 0. The van der Waals surface area contributed by atoms with Crippen LogP contribution in [0.2, 0.25) is 0 Å². The highest BCUT2D eigenvalue weighted by Crippen LogP contribution is 2.14. The van der Waals surface area contributed by atoms with Gasteiger partial charge in [0.2, 0.25) is 5.82 Å². The summed E-state index contributed by atoms with van der Waals surface area (Å²) >= 11 is 0. The smallest absolute Gasteiger partial charge is 0.204 e. The molecule has 2 aromatic carbocycles. The van der Waals surface area contributed by atoms with Crippen LogP contribution >= 0.6 is 0 Å². The van der Waals surface area contributed by atoms with Crippen LogP contribution in [0.4, 0.5) is 4.39 Å². The van der Waals surface area contributed by atoms with Gasteiger partial charge in [0.25, 0.3) is 0 Å². The third-order valence-corrected chi connectivity index (χ3v) is 3.00. The lowest BCUT2D eigenvalue weighted by atomic mass is 10.1. The van der Waals surface area contributed by atoms with Gasteiger partial charge in [-0.25, -0.2) is 4.39 Å². The number of rotatable bonds is 3. The molecule has 0 spiro atoms. The van der Waals surface area contributed by atoms with E-state index < -0.39 is 0 Å². The summed E-state index contributed by atoms with van der Waals surface area (Å²) in [5.74, 6) is 0.110. The van der Waals surface area contributed by atoms with Crippen molar-refractivity contribution in [1.29, 1.82) is 5.26 Å². The first kappa shape index (κ1) is 12.9. The Hall–Kier alpha value is -3.07. The van der Waals surface area contributed by atoms with Crippen molar-refractivity contribution in [3.05, 3.63) is 65.5 Å². The third kappa shape index (κ3) is 2.77. The van der Waals surface area contributed by atoms with Crippen LogP contribution in [0.25, 0.3) is 11.4 Å². The van der Waals surface area contributed by atoms with E-state index in [0.29, 0.717) is 23.5 Å². The number of aromatic nitrogens is 4. The van der Waals surface area contributed by atoms with Gasteiger partial charge in [0.05, 0.1) is 18.2 Å². The summed E-state index contributed by atoms with van der Waals surface area (Å²) in [5.41, 5.74) is 2.09. The maximum atomic E-state index is 12.9. The zero-order chi connectivity index (χ0) is 14.7. The zero-order valence-corrected chi connectivity index (χ0v) is 10.9. The van der Waals surface area contributed by atoms with Crippen LogP contribution in [0.1, 0.15) is 11.1 Å². The molecular weight excluding hydrogens is 269 g/mol. The fourth-order valence-corrected chi connectivity index (χ4v) is 1.94. The first-order valence-corrected chi connectivity index (χ1v) is 6.28. The van der Waals surface area contributed by atoms with E-state index in [1.807, 2.05) is 12.1 Å². The summed E-state index contributed by atoms with van der Waals surface area (Å²) in [5, 5.41) is 21.2. The van der Waals surface area contributed by atoms with Crippen molar-refractivity contribution in [3.8, 4) is 17.5 Å². The van der Waals surface area contributed by atoms with E-state index in [0.717, 1.165) is 5.56 Å². The Morgan fingerprint density at radius 2 is 1.86 bits per heavy atom. The minimum absolute atomic E-state index is 0.311. The molecule has 0 radical (unpaired) electrons. The van der Waals surface area contributed by atoms with Crippen LogP contribution < -0.4 is 0 Å². The van der Waals surface area contributed by atoms with E-state index in [2.05, 4.69) is 21.5 Å². The lowest BCUT2D eigenvalue weighted by molar-refractivity contribution is 0.572. The second-order valence-corrected chi connectivity index (χ2v) is 4.42. The van der Waals surface area contributed by atoms with Gasteiger partial charge in [-0.1, -0.05) is 18.2 Å². The molecule has 0 unspecified atom stereocenters. The van der Waals surface area contributed by atoms with E-state index >= 15 is 0 Å². The van der Waals surface area contributed by atoms with Crippen molar-refractivity contribution < 1.29 is 4.39 Å². The van der Waals surface area contributed by atoms with E-state index in [1.54, 1.807) is 24.3 Å². The first-order valence-electron chi connectivity index (χ1n) is 6.28. The lowest BCUT2D eigenvalue weighted by Gasteiger charge is -2.01. The van der Waals surface area contributed by atoms with Gasteiger partial charge in [-0.3, -0.25) is 0 Å². The van der Waals surface area contributed by atoms with Crippen molar-refractivity contribution in [2.45, 2.75) is 6.54 Å². The highest BCUT2D eigenvalue weighted by molar-refractivity contribution is 5.53. The van der Waals surface area contributed by atoms with E-state index in [9.17, 15) is 4.39 Å². The normalized spacial score (nSPS) is 10.3. The van der Waals surface area contributed by atoms with Crippen LogP contribution in [-0.4, -0.2) is 20.2 Å². The summed E-state index contributed by atoms with van der Waals surface area (Å²) in [4.78, 5) is 1.41. The summed E-state index contributed by atoms with van der Waals surface area (Å²) in [6.07, 6.45) is 0. The fraction of sp³-hybridized carbons (Fsp3) is 0.0667. The first-order chi connectivity index (χ1) is 10.3. The fourth-order valence-electron chi connectivity index (χ4n) is 1.94. The Morgan fingerprint density at radius 3 is 2.62 bits per heavy atom. The molecule has 0 amide bonds. The van der Waals surface area contributed by atoms with Gasteiger partial charge in [0.15, 0.2) is 0 Å². The molecule has 102 valence electrons. The minimum atomic E-state index is -0.311. The maximum absolute atomic E-state index is 12.9. The molecule has 0 aliphatic rings. The van der Waals surface area contributed by atoms with E-state index in [1.165, 1.54) is 16.9 Å². The van der Waals surface area contributed by atoms with Gasteiger partial charge < -0.3 is 0 Å². The van der Waals surface area contributed by atoms with Gasteiger partial charge in [-0.2, -0.15) is 10.1 Å². The number of benzene rings is 2. The van der Waals surface area contributed by atoms with Crippen molar-refractivity contribution in [2.24, 2.45) is 0 Å². The third-order valence-electron chi connectivity index (χ3n) is 3.00. The Bertz CT molecular complexity index is 801. The van der Waals surface area contributed by atoms with Crippen LogP contribution in [0.3, 0.4) is 0 Å². The predicted molar refractivity (Wildman–Crippen MR) is 73.5 cm³/mol. The van der Waals surface area contributed by atoms with E-state index in [-0.39, 0.29) is 5.82 Å². The molecule has 1 aromatic heterocycles.